The van der Waals surface area contributed by atoms with Gasteiger partial charge in [0, 0.05) is 0 Å². The molecule has 1 fully saturated rings. The van der Waals surface area contributed by atoms with E-state index < -0.39 is 12.0 Å². The summed E-state index contributed by atoms with van der Waals surface area (Å²) >= 11 is 0. The van der Waals surface area contributed by atoms with Gasteiger partial charge >= 0.3 is 5.97 Å². The Labute approximate surface area is 118 Å². The second-order valence-electron chi connectivity index (χ2n) is 6.23. The molecule has 20 heavy (non-hydrogen) atoms. The molecule has 0 aromatic rings. The van der Waals surface area contributed by atoms with Gasteiger partial charge in [-0.15, -0.1) is 0 Å². The van der Waals surface area contributed by atoms with Crippen LogP contribution < -0.4 is 0 Å². The summed E-state index contributed by atoms with van der Waals surface area (Å²) in [4.78, 5) is 37.3. The van der Waals surface area contributed by atoms with Crippen LogP contribution in [0.5, 0.6) is 0 Å². The van der Waals surface area contributed by atoms with Crippen molar-refractivity contribution in [3.63, 3.8) is 0 Å². The van der Waals surface area contributed by atoms with Gasteiger partial charge in [-0.3, -0.25) is 14.5 Å². The van der Waals surface area contributed by atoms with Crippen LogP contribution in [0.15, 0.2) is 11.6 Å². The van der Waals surface area contributed by atoms with E-state index in [2.05, 4.69) is 0 Å². The Hall–Kier alpha value is -1.65. The molecular formula is C15H21NO4. The van der Waals surface area contributed by atoms with Crippen LogP contribution in [0.4, 0.5) is 0 Å². The van der Waals surface area contributed by atoms with Gasteiger partial charge in [0.25, 0.3) is 0 Å². The average Bonchev–Trinajstić information content (AvgIpc) is 2.58. The van der Waals surface area contributed by atoms with Gasteiger partial charge in [-0.05, 0) is 32.1 Å². The quantitative estimate of drug-likeness (QED) is 0.629. The van der Waals surface area contributed by atoms with Gasteiger partial charge < -0.3 is 5.11 Å². The van der Waals surface area contributed by atoms with Crippen LogP contribution in [0, 0.1) is 17.8 Å². The third-order valence-corrected chi connectivity index (χ3v) is 4.15. The largest absolute Gasteiger partial charge is 0.480 e. The first-order valence-corrected chi connectivity index (χ1v) is 7.08. The monoisotopic (exact) mass is 279 g/mol. The van der Waals surface area contributed by atoms with Crippen LogP contribution in [-0.4, -0.2) is 33.8 Å². The van der Waals surface area contributed by atoms with Crippen molar-refractivity contribution in [2.24, 2.45) is 17.8 Å². The highest BCUT2D eigenvalue weighted by Gasteiger charge is 2.51. The van der Waals surface area contributed by atoms with E-state index in [1.807, 2.05) is 26.8 Å². The molecule has 1 N–H and O–H groups in total. The topological polar surface area (TPSA) is 74.7 Å². The lowest BCUT2D eigenvalue weighted by Crippen LogP contribution is -2.46. The minimum absolute atomic E-state index is 0.110. The molecule has 0 bridgehead atoms. The molecule has 5 heteroatoms. The number of allylic oxidation sites excluding steroid dienone is 2. The van der Waals surface area contributed by atoms with Crippen LogP contribution >= 0.6 is 0 Å². The smallest absolute Gasteiger partial charge is 0.326 e. The molecule has 2 rings (SSSR count). The first-order chi connectivity index (χ1) is 9.32. The molecule has 1 aliphatic heterocycles. The molecule has 0 spiro atoms. The maximum Gasteiger partial charge on any atom is 0.326 e. The SMILES string of the molecule is CC1=CCC2C(=O)N(C(CC(C)C)C(=O)O)C(=O)C2C1. The van der Waals surface area contributed by atoms with E-state index in [1.165, 1.54) is 0 Å². The Morgan fingerprint density at radius 3 is 2.50 bits per heavy atom. The summed E-state index contributed by atoms with van der Waals surface area (Å²) in [6.07, 6.45) is 3.40. The molecule has 1 aliphatic carbocycles. The standard InChI is InChI=1S/C15H21NO4/c1-8(2)6-12(15(19)20)16-13(17)10-5-4-9(3)7-11(10)14(16)18/h4,8,10-12H,5-7H2,1-3H3,(H,19,20). The number of carboxylic acids is 1. The van der Waals surface area contributed by atoms with Gasteiger partial charge in [0.1, 0.15) is 6.04 Å². The summed E-state index contributed by atoms with van der Waals surface area (Å²) in [6, 6.07) is -1.03. The molecular weight excluding hydrogens is 258 g/mol. The van der Waals surface area contributed by atoms with E-state index in [4.69, 9.17) is 0 Å². The van der Waals surface area contributed by atoms with Gasteiger partial charge in [-0.1, -0.05) is 25.5 Å². The molecule has 5 nitrogen and oxygen atoms in total. The number of carbonyl (C=O) groups excluding carboxylic acids is 2. The number of aliphatic carboxylic acids is 1. The number of nitrogens with zero attached hydrogens (tertiary/aromatic N) is 1. The number of hydrogen-bond acceptors (Lipinski definition) is 3. The van der Waals surface area contributed by atoms with E-state index >= 15 is 0 Å². The summed E-state index contributed by atoms with van der Waals surface area (Å²) < 4.78 is 0. The summed E-state index contributed by atoms with van der Waals surface area (Å²) in [5.74, 6) is -2.32. The van der Waals surface area contributed by atoms with Crippen molar-refractivity contribution < 1.29 is 19.5 Å². The predicted molar refractivity (Wildman–Crippen MR) is 72.7 cm³/mol. The summed E-state index contributed by atoms with van der Waals surface area (Å²) in [5, 5.41) is 9.34. The minimum atomic E-state index is -1.09. The Balaban J connectivity index is 2.27. The Kier molecular flexibility index (Phi) is 3.97. The summed E-state index contributed by atoms with van der Waals surface area (Å²) in [6.45, 7) is 5.72. The van der Waals surface area contributed by atoms with Crippen LogP contribution in [0.3, 0.4) is 0 Å². The fraction of sp³-hybridized carbons (Fsp3) is 0.667. The third kappa shape index (κ3) is 2.49. The number of carbonyl (C=O) groups is 3. The van der Waals surface area contributed by atoms with Gasteiger partial charge in [0.2, 0.25) is 11.8 Å². The molecule has 0 aromatic heterocycles. The average molecular weight is 279 g/mol. The fourth-order valence-electron chi connectivity index (χ4n) is 3.13. The predicted octanol–water partition coefficient (Wildman–Crippen LogP) is 1.83. The molecule has 0 saturated carbocycles. The van der Waals surface area contributed by atoms with E-state index in [1.54, 1.807) is 0 Å². The highest BCUT2D eigenvalue weighted by atomic mass is 16.4. The summed E-state index contributed by atoms with van der Waals surface area (Å²) in [7, 11) is 0. The first kappa shape index (κ1) is 14.8. The zero-order valence-corrected chi connectivity index (χ0v) is 12.1. The molecule has 0 aromatic carbocycles. The maximum absolute atomic E-state index is 12.4. The Morgan fingerprint density at radius 2 is 1.95 bits per heavy atom. The van der Waals surface area contributed by atoms with E-state index in [0.29, 0.717) is 19.3 Å². The molecule has 1 heterocycles. The van der Waals surface area contributed by atoms with Crippen LogP contribution in [0.25, 0.3) is 0 Å². The van der Waals surface area contributed by atoms with E-state index in [-0.39, 0.29) is 29.6 Å². The highest BCUT2D eigenvalue weighted by molar-refractivity contribution is 6.08. The van der Waals surface area contributed by atoms with Crippen molar-refractivity contribution in [1.29, 1.82) is 0 Å². The molecule has 2 amide bonds. The maximum atomic E-state index is 12.4. The lowest BCUT2D eigenvalue weighted by molar-refractivity contribution is -0.155. The van der Waals surface area contributed by atoms with Crippen molar-refractivity contribution in [3.8, 4) is 0 Å². The van der Waals surface area contributed by atoms with Crippen LogP contribution in [-0.2, 0) is 14.4 Å². The lowest BCUT2D eigenvalue weighted by atomic mass is 9.82. The van der Waals surface area contributed by atoms with Gasteiger partial charge in [-0.2, -0.15) is 0 Å². The van der Waals surface area contributed by atoms with Gasteiger partial charge in [0.15, 0.2) is 0 Å². The van der Waals surface area contributed by atoms with E-state index in [0.717, 1.165) is 10.5 Å². The number of amides is 2. The number of imide groups is 1. The minimum Gasteiger partial charge on any atom is -0.480 e. The fourth-order valence-corrected chi connectivity index (χ4v) is 3.13. The van der Waals surface area contributed by atoms with Gasteiger partial charge in [0.05, 0.1) is 11.8 Å². The van der Waals surface area contributed by atoms with Crippen LogP contribution in [0.2, 0.25) is 0 Å². The second-order valence-corrected chi connectivity index (χ2v) is 6.23. The second kappa shape index (κ2) is 5.38. The third-order valence-electron chi connectivity index (χ3n) is 4.15. The van der Waals surface area contributed by atoms with Crippen molar-refractivity contribution in [2.45, 2.75) is 46.1 Å². The number of fused-ring (bicyclic) bond motifs is 1. The molecule has 0 radical (unpaired) electrons. The molecule has 2 aliphatic rings. The van der Waals surface area contributed by atoms with Crippen molar-refractivity contribution in [3.05, 3.63) is 11.6 Å². The van der Waals surface area contributed by atoms with Crippen molar-refractivity contribution in [2.75, 3.05) is 0 Å². The summed E-state index contributed by atoms with van der Waals surface area (Å²) in [5.41, 5.74) is 1.10. The normalized spacial score (nSPS) is 27.6. The van der Waals surface area contributed by atoms with Gasteiger partial charge in [-0.25, -0.2) is 4.79 Å². The van der Waals surface area contributed by atoms with E-state index in [9.17, 15) is 19.5 Å². The molecule has 110 valence electrons. The first-order valence-electron chi connectivity index (χ1n) is 7.08. The molecule has 3 unspecified atom stereocenters. The lowest BCUT2D eigenvalue weighted by Gasteiger charge is -2.24. The number of rotatable bonds is 4. The molecule has 3 atom stereocenters. The highest BCUT2D eigenvalue weighted by Crippen LogP contribution is 2.39. The molecule has 1 saturated heterocycles. The number of carboxylic acid groups (broad SMARTS) is 1. The number of likely N-dealkylation sites (tertiary alicyclic amines) is 1. The zero-order valence-electron chi connectivity index (χ0n) is 12.1. The Morgan fingerprint density at radius 1 is 1.35 bits per heavy atom. The van der Waals surface area contributed by atoms with Crippen molar-refractivity contribution >= 4 is 17.8 Å². The Bertz CT molecular complexity index is 480. The van der Waals surface area contributed by atoms with Crippen LogP contribution in [0.1, 0.15) is 40.0 Å². The number of hydrogen-bond donors (Lipinski definition) is 1. The van der Waals surface area contributed by atoms with Crippen molar-refractivity contribution in [1.82, 2.24) is 4.90 Å². The zero-order chi connectivity index (χ0) is 15.0.